The van der Waals surface area contributed by atoms with E-state index in [0.29, 0.717) is 0 Å². The maximum atomic E-state index is 2.34. The molecule has 0 spiro atoms. The Balaban J connectivity index is 1.04. The molecule has 2 heteroatoms. The predicted molar refractivity (Wildman–Crippen MR) is 229 cm³/mol. The molecule has 254 valence electrons. The summed E-state index contributed by atoms with van der Waals surface area (Å²) in [5.74, 6) is 0. The first-order valence-electron chi connectivity index (χ1n) is 18.5. The zero-order chi connectivity index (χ0) is 35.8. The summed E-state index contributed by atoms with van der Waals surface area (Å²) in [4.78, 5) is 2.34. The van der Waals surface area contributed by atoms with Gasteiger partial charge in [0.2, 0.25) is 0 Å². The average molecular weight is 689 g/mol. The van der Waals surface area contributed by atoms with Crippen molar-refractivity contribution in [1.29, 1.82) is 0 Å². The molecule has 0 N–H and O–H groups in total. The van der Waals surface area contributed by atoms with Crippen LogP contribution in [0.5, 0.6) is 0 Å². The number of nitrogens with zero attached hydrogens (tertiary/aromatic N) is 2. The van der Waals surface area contributed by atoms with E-state index >= 15 is 0 Å². The van der Waals surface area contributed by atoms with Gasteiger partial charge >= 0.3 is 0 Å². The molecule has 0 atom stereocenters. The van der Waals surface area contributed by atoms with Crippen LogP contribution in [0.1, 0.15) is 0 Å². The molecule has 0 aliphatic rings. The van der Waals surface area contributed by atoms with E-state index in [0.717, 1.165) is 17.1 Å². The number of hydrogen-bond acceptors (Lipinski definition) is 1. The molecule has 0 amide bonds. The van der Waals surface area contributed by atoms with Crippen LogP contribution in [0, 0.1) is 0 Å². The first-order valence-corrected chi connectivity index (χ1v) is 18.5. The highest BCUT2D eigenvalue weighted by Gasteiger charge is 2.17. The van der Waals surface area contributed by atoms with Crippen LogP contribution in [-0.4, -0.2) is 4.40 Å². The second-order valence-electron chi connectivity index (χ2n) is 13.8. The van der Waals surface area contributed by atoms with Gasteiger partial charge in [-0.1, -0.05) is 152 Å². The maximum Gasteiger partial charge on any atom is 0.0541 e. The highest BCUT2D eigenvalue weighted by atomic mass is 15.1. The van der Waals surface area contributed by atoms with E-state index in [2.05, 4.69) is 228 Å². The molecular formula is C52H36N2. The molecule has 8 aromatic carbocycles. The topological polar surface area (TPSA) is 7.65 Å². The standard InChI is InChI=1S/C52H36N2/c1-4-12-37(13-5-1)39-19-27-45(28-20-39)54(46-29-21-40(22-30-46)38-14-6-2-7-15-38)47-31-23-41(24-32-47)43-25-33-48-44(36-43)26-34-50-52(48)51(42-16-8-3-9-17-42)49-18-10-11-35-53(49)50/h1-36H. The van der Waals surface area contributed by atoms with Crippen LogP contribution < -0.4 is 4.90 Å². The number of benzene rings is 8. The fourth-order valence-corrected chi connectivity index (χ4v) is 7.96. The van der Waals surface area contributed by atoms with E-state index in [-0.39, 0.29) is 0 Å². The Morgan fingerprint density at radius 3 is 1.30 bits per heavy atom. The van der Waals surface area contributed by atoms with Crippen LogP contribution in [-0.2, 0) is 0 Å². The highest BCUT2D eigenvalue weighted by molar-refractivity contribution is 6.19. The normalized spacial score (nSPS) is 11.3. The van der Waals surface area contributed by atoms with Crippen molar-refractivity contribution in [3.05, 3.63) is 219 Å². The van der Waals surface area contributed by atoms with Gasteiger partial charge in [0.15, 0.2) is 0 Å². The molecular weight excluding hydrogens is 653 g/mol. The van der Waals surface area contributed by atoms with Gasteiger partial charge in [0.1, 0.15) is 0 Å². The van der Waals surface area contributed by atoms with Crippen molar-refractivity contribution >= 4 is 44.3 Å². The molecule has 0 saturated heterocycles. The molecule has 0 bridgehead atoms. The minimum absolute atomic E-state index is 1.11. The number of pyridine rings is 1. The molecule has 2 aromatic heterocycles. The number of hydrogen-bond donors (Lipinski definition) is 0. The maximum absolute atomic E-state index is 2.34. The number of anilines is 3. The molecule has 0 aliphatic heterocycles. The van der Waals surface area contributed by atoms with Crippen LogP contribution in [0.2, 0.25) is 0 Å². The van der Waals surface area contributed by atoms with Gasteiger partial charge in [-0.15, -0.1) is 0 Å². The molecule has 0 unspecified atom stereocenters. The van der Waals surface area contributed by atoms with E-state index < -0.39 is 0 Å². The summed E-state index contributed by atoms with van der Waals surface area (Å²) in [5, 5.41) is 3.79. The first-order chi connectivity index (χ1) is 26.8. The summed E-state index contributed by atoms with van der Waals surface area (Å²) < 4.78 is 2.32. The lowest BCUT2D eigenvalue weighted by molar-refractivity contribution is 1.26. The second-order valence-corrected chi connectivity index (χ2v) is 13.8. The van der Waals surface area contributed by atoms with Crippen molar-refractivity contribution in [2.45, 2.75) is 0 Å². The molecule has 0 saturated carbocycles. The van der Waals surface area contributed by atoms with Gasteiger partial charge in [-0.3, -0.25) is 0 Å². The van der Waals surface area contributed by atoms with Gasteiger partial charge in [0, 0.05) is 34.2 Å². The van der Waals surface area contributed by atoms with Gasteiger partial charge in [0.25, 0.3) is 0 Å². The minimum atomic E-state index is 1.11. The minimum Gasteiger partial charge on any atom is -0.316 e. The van der Waals surface area contributed by atoms with Crippen molar-refractivity contribution in [2.75, 3.05) is 4.90 Å². The largest absolute Gasteiger partial charge is 0.316 e. The predicted octanol–water partition coefficient (Wildman–Crippen LogP) is 14.4. The second kappa shape index (κ2) is 13.4. The van der Waals surface area contributed by atoms with Gasteiger partial charge in [-0.25, -0.2) is 0 Å². The third kappa shape index (κ3) is 5.62. The van der Waals surface area contributed by atoms with Crippen LogP contribution in [0.3, 0.4) is 0 Å². The fraction of sp³-hybridized carbons (Fsp3) is 0. The summed E-state index contributed by atoms with van der Waals surface area (Å²) in [7, 11) is 0. The van der Waals surface area contributed by atoms with E-state index in [1.807, 2.05) is 0 Å². The van der Waals surface area contributed by atoms with Gasteiger partial charge in [-0.05, 0) is 110 Å². The Morgan fingerprint density at radius 2 is 0.759 bits per heavy atom. The van der Waals surface area contributed by atoms with E-state index in [1.54, 1.807) is 0 Å². The Kier molecular flexibility index (Phi) is 7.85. The van der Waals surface area contributed by atoms with Crippen molar-refractivity contribution in [1.82, 2.24) is 4.40 Å². The smallest absolute Gasteiger partial charge is 0.0541 e. The van der Waals surface area contributed by atoms with Gasteiger partial charge in [0.05, 0.1) is 11.0 Å². The zero-order valence-corrected chi connectivity index (χ0v) is 29.7. The lowest BCUT2D eigenvalue weighted by Crippen LogP contribution is -2.09. The van der Waals surface area contributed by atoms with E-state index in [9.17, 15) is 0 Å². The summed E-state index contributed by atoms with van der Waals surface area (Å²) in [6.45, 7) is 0. The van der Waals surface area contributed by atoms with E-state index in [4.69, 9.17) is 0 Å². The van der Waals surface area contributed by atoms with Crippen molar-refractivity contribution < 1.29 is 0 Å². The van der Waals surface area contributed by atoms with Gasteiger partial charge < -0.3 is 9.30 Å². The third-order valence-electron chi connectivity index (χ3n) is 10.6. The first kappa shape index (κ1) is 31.6. The summed E-state index contributed by atoms with van der Waals surface area (Å²) in [6, 6.07) is 76.6. The van der Waals surface area contributed by atoms with Crippen LogP contribution >= 0.6 is 0 Å². The number of fused-ring (bicyclic) bond motifs is 5. The summed E-state index contributed by atoms with van der Waals surface area (Å²) >= 11 is 0. The fourth-order valence-electron chi connectivity index (χ4n) is 7.96. The Hall–Kier alpha value is -7.16. The summed E-state index contributed by atoms with van der Waals surface area (Å²) in [5.41, 5.74) is 15.5. The molecule has 2 heterocycles. The van der Waals surface area contributed by atoms with E-state index in [1.165, 1.54) is 71.7 Å². The van der Waals surface area contributed by atoms with Crippen molar-refractivity contribution in [2.24, 2.45) is 0 Å². The molecule has 0 aliphatic carbocycles. The van der Waals surface area contributed by atoms with Crippen molar-refractivity contribution in [3.8, 4) is 44.5 Å². The van der Waals surface area contributed by atoms with Gasteiger partial charge in [-0.2, -0.15) is 0 Å². The number of aromatic nitrogens is 1. The Labute approximate surface area is 315 Å². The quantitative estimate of drug-likeness (QED) is 0.162. The molecule has 0 fully saturated rings. The molecule has 0 radical (unpaired) electrons. The Morgan fingerprint density at radius 1 is 0.315 bits per heavy atom. The lowest BCUT2D eigenvalue weighted by Gasteiger charge is -2.26. The SMILES string of the molecule is c1ccc(-c2ccc(N(c3ccc(-c4ccccc4)cc3)c3ccc(-c4ccc5c(ccc6c5c(-c5ccccc5)c5ccccn56)c4)cc3)cc2)cc1. The van der Waals surface area contributed by atoms with Crippen molar-refractivity contribution in [3.63, 3.8) is 0 Å². The monoisotopic (exact) mass is 688 g/mol. The van der Waals surface area contributed by atoms with Crippen LogP contribution in [0.4, 0.5) is 17.1 Å². The number of rotatable bonds is 7. The lowest BCUT2D eigenvalue weighted by atomic mass is 9.95. The summed E-state index contributed by atoms with van der Waals surface area (Å²) in [6.07, 6.45) is 2.17. The molecule has 2 nitrogen and oxygen atoms in total. The zero-order valence-electron chi connectivity index (χ0n) is 29.7. The van der Waals surface area contributed by atoms with Crippen LogP contribution in [0.25, 0.3) is 71.7 Å². The average Bonchev–Trinajstić information content (AvgIpc) is 3.60. The Bertz CT molecular complexity index is 2790. The molecule has 54 heavy (non-hydrogen) atoms. The third-order valence-corrected chi connectivity index (χ3v) is 10.6. The highest BCUT2D eigenvalue weighted by Crippen LogP contribution is 2.41. The molecule has 10 rings (SSSR count). The molecule has 10 aromatic rings. The van der Waals surface area contributed by atoms with Crippen LogP contribution in [0.15, 0.2) is 219 Å².